The molecule has 0 aliphatic heterocycles. The highest BCUT2D eigenvalue weighted by Crippen LogP contribution is 2.42. The van der Waals surface area contributed by atoms with Crippen molar-refractivity contribution in [3.8, 4) is 0 Å². The minimum absolute atomic E-state index is 0.155. The van der Waals surface area contributed by atoms with Gasteiger partial charge in [0.1, 0.15) is 0 Å². The van der Waals surface area contributed by atoms with E-state index in [9.17, 15) is 0 Å². The van der Waals surface area contributed by atoms with E-state index in [0.29, 0.717) is 5.92 Å². The van der Waals surface area contributed by atoms with Crippen LogP contribution in [-0.2, 0) is 0 Å². The number of hydrogen-bond acceptors (Lipinski definition) is 0. The first kappa shape index (κ1) is 12.9. The smallest absolute Gasteiger partial charge is 0.0140 e. The molecule has 0 amide bonds. The number of hydrogen-bond donors (Lipinski definition) is 0. The maximum atomic E-state index is 4.13. The predicted octanol–water partition coefficient (Wildman–Crippen LogP) is 5.07. The van der Waals surface area contributed by atoms with Crippen LogP contribution >= 0.6 is 0 Å². The van der Waals surface area contributed by atoms with Gasteiger partial charge in [-0.15, -0.1) is 0 Å². The van der Waals surface area contributed by atoms with Gasteiger partial charge in [0, 0.05) is 5.92 Å². The van der Waals surface area contributed by atoms with Crippen molar-refractivity contribution in [1.29, 1.82) is 0 Å². The van der Waals surface area contributed by atoms with Crippen molar-refractivity contribution in [3.63, 3.8) is 0 Å². The van der Waals surface area contributed by atoms with Crippen LogP contribution < -0.4 is 0 Å². The van der Waals surface area contributed by atoms with Gasteiger partial charge in [0.25, 0.3) is 0 Å². The Morgan fingerprint density at radius 2 is 1.22 bits per heavy atom. The van der Waals surface area contributed by atoms with Gasteiger partial charge in [0.2, 0.25) is 0 Å². The van der Waals surface area contributed by atoms with E-state index in [2.05, 4.69) is 81.4 Å². The van der Waals surface area contributed by atoms with Gasteiger partial charge in [-0.2, -0.15) is 0 Å². The molecule has 1 radical (unpaired) electrons. The molecule has 2 aromatic carbocycles. The average Bonchev–Trinajstić information content (AvgIpc) is 2.41. The zero-order valence-electron chi connectivity index (χ0n) is 11.3. The van der Waals surface area contributed by atoms with Gasteiger partial charge in [-0.25, -0.2) is 0 Å². The Kier molecular flexibility index (Phi) is 3.86. The maximum Gasteiger partial charge on any atom is 0.0140 e. The summed E-state index contributed by atoms with van der Waals surface area (Å²) in [5.41, 5.74) is 2.90. The van der Waals surface area contributed by atoms with Crippen LogP contribution in [0.2, 0.25) is 0 Å². The van der Waals surface area contributed by atoms with Crippen LogP contribution in [0.3, 0.4) is 0 Å². The van der Waals surface area contributed by atoms with Crippen molar-refractivity contribution in [2.45, 2.75) is 26.2 Å². The molecule has 0 nitrogen and oxygen atoms in total. The predicted molar refractivity (Wildman–Crippen MR) is 78.5 cm³/mol. The maximum absolute atomic E-state index is 4.13. The van der Waals surface area contributed by atoms with Gasteiger partial charge in [0.05, 0.1) is 0 Å². The summed E-state index contributed by atoms with van der Waals surface area (Å²) in [4.78, 5) is 0. The molecular weight excluding hydrogens is 216 g/mol. The molecule has 0 fully saturated rings. The van der Waals surface area contributed by atoms with Gasteiger partial charge < -0.3 is 0 Å². The van der Waals surface area contributed by atoms with Crippen molar-refractivity contribution in [2.24, 2.45) is 5.41 Å². The molecule has 0 unspecified atom stereocenters. The van der Waals surface area contributed by atoms with Crippen molar-refractivity contribution < 1.29 is 0 Å². The molecule has 0 saturated heterocycles. The third-order valence-electron chi connectivity index (χ3n) is 3.69. The fourth-order valence-electron chi connectivity index (χ4n) is 2.53. The molecule has 0 N–H and O–H groups in total. The van der Waals surface area contributed by atoms with Gasteiger partial charge >= 0.3 is 0 Å². The molecule has 0 aromatic heterocycles. The second kappa shape index (κ2) is 5.39. The fraction of sp³-hybridized carbons (Fsp3) is 0.278. The summed E-state index contributed by atoms with van der Waals surface area (Å²) in [5, 5.41) is 0. The van der Waals surface area contributed by atoms with Crippen LogP contribution in [0, 0.1) is 12.3 Å². The van der Waals surface area contributed by atoms with Crippen molar-refractivity contribution >= 4 is 0 Å². The zero-order chi connectivity index (χ0) is 13.0. The highest BCUT2D eigenvalue weighted by molar-refractivity contribution is 5.34. The van der Waals surface area contributed by atoms with Gasteiger partial charge in [-0.1, -0.05) is 81.4 Å². The number of benzene rings is 2. The van der Waals surface area contributed by atoms with Gasteiger partial charge in [-0.3, -0.25) is 0 Å². The summed E-state index contributed by atoms with van der Waals surface area (Å²) >= 11 is 0. The summed E-state index contributed by atoms with van der Waals surface area (Å²) in [7, 11) is 0. The Balaban J connectivity index is 2.49. The van der Waals surface area contributed by atoms with Crippen LogP contribution in [0.1, 0.15) is 37.3 Å². The van der Waals surface area contributed by atoms with E-state index in [0.717, 1.165) is 6.42 Å². The standard InChI is InChI=1S/C18H21/c1-4-18(2,3)17(15-11-7-5-8-12-15)16-13-9-6-10-14-16/h5-14,17H,1,4H2,2-3H3. The summed E-state index contributed by atoms with van der Waals surface area (Å²) in [6.45, 7) is 8.72. The lowest BCUT2D eigenvalue weighted by atomic mass is 9.70. The first-order chi connectivity index (χ1) is 8.65. The monoisotopic (exact) mass is 237 g/mol. The zero-order valence-corrected chi connectivity index (χ0v) is 11.3. The van der Waals surface area contributed by atoms with E-state index in [1.807, 2.05) is 0 Å². The number of rotatable bonds is 4. The molecule has 2 aromatic rings. The Bertz CT molecular complexity index is 428. The molecule has 0 aliphatic carbocycles. The van der Waals surface area contributed by atoms with Crippen LogP contribution in [0.5, 0.6) is 0 Å². The topological polar surface area (TPSA) is 0 Å². The third-order valence-corrected chi connectivity index (χ3v) is 3.69. The lowest BCUT2D eigenvalue weighted by Crippen LogP contribution is -2.22. The van der Waals surface area contributed by atoms with Crippen molar-refractivity contribution in [2.75, 3.05) is 0 Å². The molecule has 0 heteroatoms. The van der Waals surface area contributed by atoms with Crippen LogP contribution in [-0.4, -0.2) is 0 Å². The first-order valence-electron chi connectivity index (χ1n) is 6.54. The Labute approximate surface area is 111 Å². The largest absolute Gasteiger partial charge is 0.0622 e. The van der Waals surface area contributed by atoms with E-state index in [1.54, 1.807) is 0 Å². The van der Waals surface area contributed by atoms with E-state index < -0.39 is 0 Å². The first-order valence-corrected chi connectivity index (χ1v) is 6.54. The van der Waals surface area contributed by atoms with E-state index in [1.165, 1.54) is 11.1 Å². The van der Waals surface area contributed by atoms with Crippen molar-refractivity contribution in [1.82, 2.24) is 0 Å². The molecule has 0 bridgehead atoms. The molecule has 0 aliphatic rings. The minimum Gasteiger partial charge on any atom is -0.0622 e. The molecule has 0 saturated carbocycles. The summed E-state index contributed by atoms with van der Waals surface area (Å²) in [5.74, 6) is 0.400. The summed E-state index contributed by atoms with van der Waals surface area (Å²) in [6, 6.07) is 21.5. The van der Waals surface area contributed by atoms with Crippen LogP contribution in [0.15, 0.2) is 60.7 Å². The Hall–Kier alpha value is -1.56. The Morgan fingerprint density at radius 1 is 0.833 bits per heavy atom. The highest BCUT2D eigenvalue weighted by Gasteiger charge is 2.30. The fourth-order valence-corrected chi connectivity index (χ4v) is 2.53. The summed E-state index contributed by atoms with van der Waals surface area (Å²) < 4.78 is 0. The molecule has 18 heavy (non-hydrogen) atoms. The summed E-state index contributed by atoms with van der Waals surface area (Å²) in [6.07, 6.45) is 0.918. The van der Waals surface area contributed by atoms with E-state index in [-0.39, 0.29) is 5.41 Å². The normalized spacial score (nSPS) is 11.8. The lowest BCUT2D eigenvalue weighted by Gasteiger charge is -2.34. The third kappa shape index (κ3) is 2.64. The second-order valence-corrected chi connectivity index (χ2v) is 5.49. The van der Waals surface area contributed by atoms with E-state index >= 15 is 0 Å². The van der Waals surface area contributed by atoms with Gasteiger partial charge in [-0.05, 0) is 23.0 Å². The molecule has 2 rings (SSSR count). The SMILES string of the molecule is [CH2]CC(C)(C)C(c1ccccc1)c1ccccc1. The minimum atomic E-state index is 0.155. The van der Waals surface area contributed by atoms with E-state index in [4.69, 9.17) is 0 Å². The second-order valence-electron chi connectivity index (χ2n) is 5.49. The van der Waals surface area contributed by atoms with Crippen LogP contribution in [0.4, 0.5) is 0 Å². The van der Waals surface area contributed by atoms with Gasteiger partial charge in [0.15, 0.2) is 0 Å². The molecular formula is C18H21. The molecule has 0 spiro atoms. The quantitative estimate of drug-likeness (QED) is 0.696. The molecule has 93 valence electrons. The molecule has 0 atom stereocenters. The Morgan fingerprint density at radius 3 is 1.56 bits per heavy atom. The van der Waals surface area contributed by atoms with Crippen molar-refractivity contribution in [3.05, 3.63) is 78.7 Å². The molecule has 0 heterocycles. The average molecular weight is 237 g/mol. The van der Waals surface area contributed by atoms with Crippen LogP contribution in [0.25, 0.3) is 0 Å². The highest BCUT2D eigenvalue weighted by atomic mass is 14.3. The lowest BCUT2D eigenvalue weighted by molar-refractivity contribution is 0.320.